The van der Waals surface area contributed by atoms with Crippen molar-refractivity contribution in [2.75, 3.05) is 27.3 Å². The van der Waals surface area contributed by atoms with Crippen LogP contribution in [0.15, 0.2) is 54.7 Å². The number of hydrogen-bond acceptors (Lipinski definition) is 5. The molecule has 0 aliphatic carbocycles. The van der Waals surface area contributed by atoms with E-state index in [4.69, 9.17) is 9.47 Å². The van der Waals surface area contributed by atoms with Gasteiger partial charge in [0.15, 0.2) is 17.2 Å². The molecule has 0 saturated carbocycles. The van der Waals surface area contributed by atoms with Gasteiger partial charge < -0.3 is 19.7 Å². The van der Waals surface area contributed by atoms with Gasteiger partial charge in [-0.1, -0.05) is 24.3 Å². The third-order valence-electron chi connectivity index (χ3n) is 6.24. The summed E-state index contributed by atoms with van der Waals surface area (Å²) in [6, 6.07) is 16.1. The number of amides is 1. The second kappa shape index (κ2) is 10.1. The van der Waals surface area contributed by atoms with E-state index in [1.807, 2.05) is 54.7 Å². The summed E-state index contributed by atoms with van der Waals surface area (Å²) in [5.74, 6) is 1.09. The Morgan fingerprint density at radius 2 is 1.73 bits per heavy atom. The maximum Gasteiger partial charge on any atom is 0.272 e. The van der Waals surface area contributed by atoms with Crippen LogP contribution in [0.25, 0.3) is 16.8 Å². The monoisotopic (exact) mass is 448 g/mol. The lowest BCUT2D eigenvalue weighted by molar-refractivity contribution is 0.0896. The van der Waals surface area contributed by atoms with E-state index in [9.17, 15) is 4.79 Å². The van der Waals surface area contributed by atoms with Gasteiger partial charge in [-0.2, -0.15) is 5.10 Å². The largest absolute Gasteiger partial charge is 0.493 e. The Kier molecular flexibility index (Phi) is 6.99. The van der Waals surface area contributed by atoms with E-state index in [0.717, 1.165) is 42.7 Å². The number of rotatable bonds is 7. The number of aromatic nitrogens is 2. The fraction of sp³-hybridized carbons (Fsp3) is 0.385. The molecule has 1 amide bonds. The van der Waals surface area contributed by atoms with E-state index in [1.165, 1.54) is 0 Å². The molecule has 1 aliphatic rings. The van der Waals surface area contributed by atoms with Crippen LogP contribution >= 0.6 is 0 Å². The molecule has 1 N–H and O–H groups in total. The Bertz CT molecular complexity index is 1090. The number of carbonyl (C=O) groups excluding carboxylic acids is 1. The average Bonchev–Trinajstić information content (AvgIpc) is 3.30. The predicted molar refractivity (Wildman–Crippen MR) is 129 cm³/mol. The van der Waals surface area contributed by atoms with Crippen LogP contribution in [0.2, 0.25) is 0 Å². The third kappa shape index (κ3) is 5.03. The number of carbonyl (C=O) groups is 1. The van der Waals surface area contributed by atoms with E-state index in [0.29, 0.717) is 23.2 Å². The maximum atomic E-state index is 13.4. The molecule has 7 nitrogen and oxygen atoms in total. The maximum absolute atomic E-state index is 13.4. The van der Waals surface area contributed by atoms with Crippen LogP contribution in [0.4, 0.5) is 0 Å². The van der Waals surface area contributed by atoms with E-state index in [1.54, 1.807) is 18.9 Å². The van der Waals surface area contributed by atoms with E-state index in [-0.39, 0.29) is 11.9 Å². The van der Waals surface area contributed by atoms with Crippen LogP contribution in [0, 0.1) is 0 Å². The Balaban J connectivity index is 1.65. The summed E-state index contributed by atoms with van der Waals surface area (Å²) in [6.45, 7) is 6.41. The van der Waals surface area contributed by atoms with Crippen molar-refractivity contribution in [1.82, 2.24) is 20.0 Å². The van der Waals surface area contributed by atoms with Gasteiger partial charge in [0.05, 0.1) is 19.9 Å². The van der Waals surface area contributed by atoms with Crippen LogP contribution in [0.1, 0.15) is 37.2 Å². The number of piperidine rings is 1. The van der Waals surface area contributed by atoms with Gasteiger partial charge >= 0.3 is 0 Å². The SMILES string of the molecule is COc1ccc(-c2cn(-c3ccccc3)nc2C(=O)NC2CCN(C(C)C)CC2)cc1OC. The van der Waals surface area contributed by atoms with Gasteiger partial charge in [0, 0.05) is 36.9 Å². The summed E-state index contributed by atoms with van der Waals surface area (Å²) in [4.78, 5) is 15.8. The third-order valence-corrected chi connectivity index (χ3v) is 6.24. The van der Waals surface area contributed by atoms with Crippen molar-refractivity contribution in [1.29, 1.82) is 0 Å². The molecule has 1 saturated heterocycles. The van der Waals surface area contributed by atoms with Gasteiger partial charge in [-0.25, -0.2) is 4.68 Å². The second-order valence-corrected chi connectivity index (χ2v) is 8.62. The van der Waals surface area contributed by atoms with Crippen molar-refractivity contribution >= 4 is 5.91 Å². The second-order valence-electron chi connectivity index (χ2n) is 8.62. The minimum Gasteiger partial charge on any atom is -0.493 e. The number of para-hydroxylation sites is 1. The van der Waals surface area contributed by atoms with Crippen molar-refractivity contribution < 1.29 is 14.3 Å². The Hall–Kier alpha value is -3.32. The highest BCUT2D eigenvalue weighted by Gasteiger charge is 2.26. The van der Waals surface area contributed by atoms with Crippen LogP contribution in [0.5, 0.6) is 11.5 Å². The summed E-state index contributed by atoms with van der Waals surface area (Å²) in [5.41, 5.74) is 2.88. The normalized spacial score (nSPS) is 14.9. The minimum absolute atomic E-state index is 0.146. The number of methoxy groups -OCH3 is 2. The number of ether oxygens (including phenoxy) is 2. The molecule has 1 aliphatic heterocycles. The number of benzene rings is 2. The first-order chi connectivity index (χ1) is 16.0. The van der Waals surface area contributed by atoms with Crippen molar-refractivity contribution in [2.24, 2.45) is 0 Å². The zero-order chi connectivity index (χ0) is 23.4. The summed E-state index contributed by atoms with van der Waals surface area (Å²) in [6.07, 6.45) is 3.77. The smallest absolute Gasteiger partial charge is 0.272 e. The van der Waals surface area contributed by atoms with Gasteiger partial charge in [-0.3, -0.25) is 4.79 Å². The molecule has 0 spiro atoms. The molecular formula is C26H32N4O3. The first kappa shape index (κ1) is 22.9. The lowest BCUT2D eigenvalue weighted by Crippen LogP contribution is -2.46. The summed E-state index contributed by atoms with van der Waals surface area (Å²) < 4.78 is 12.6. The Labute approximate surface area is 195 Å². The van der Waals surface area contributed by atoms with Gasteiger partial charge in [-0.05, 0) is 56.5 Å². The number of nitrogens with zero attached hydrogens (tertiary/aromatic N) is 3. The number of likely N-dealkylation sites (tertiary alicyclic amines) is 1. The van der Waals surface area contributed by atoms with Gasteiger partial charge in [0.2, 0.25) is 0 Å². The predicted octanol–water partition coefficient (Wildman–Crippen LogP) is 4.16. The lowest BCUT2D eigenvalue weighted by atomic mass is 10.0. The molecule has 0 bridgehead atoms. The highest BCUT2D eigenvalue weighted by molar-refractivity contribution is 5.99. The van der Waals surface area contributed by atoms with Gasteiger partial charge in [0.1, 0.15) is 0 Å². The molecule has 174 valence electrons. The quantitative estimate of drug-likeness (QED) is 0.588. The zero-order valence-electron chi connectivity index (χ0n) is 19.7. The molecule has 0 unspecified atom stereocenters. The molecule has 0 atom stereocenters. The van der Waals surface area contributed by atoms with E-state index in [2.05, 4.69) is 29.2 Å². The van der Waals surface area contributed by atoms with Crippen LogP contribution in [-0.2, 0) is 0 Å². The number of nitrogens with one attached hydrogen (secondary N) is 1. The molecule has 2 aromatic carbocycles. The molecule has 1 aromatic heterocycles. The molecule has 3 aromatic rings. The molecule has 0 radical (unpaired) electrons. The average molecular weight is 449 g/mol. The van der Waals surface area contributed by atoms with Gasteiger partial charge in [-0.15, -0.1) is 0 Å². The van der Waals surface area contributed by atoms with E-state index < -0.39 is 0 Å². The van der Waals surface area contributed by atoms with E-state index >= 15 is 0 Å². The molecule has 33 heavy (non-hydrogen) atoms. The molecule has 2 heterocycles. The Morgan fingerprint density at radius 1 is 1.03 bits per heavy atom. The first-order valence-corrected chi connectivity index (χ1v) is 11.4. The molecule has 7 heteroatoms. The highest BCUT2D eigenvalue weighted by atomic mass is 16.5. The molecule has 4 rings (SSSR count). The van der Waals surface area contributed by atoms with Crippen molar-refractivity contribution in [3.63, 3.8) is 0 Å². The van der Waals surface area contributed by atoms with Crippen LogP contribution in [-0.4, -0.2) is 60.0 Å². The highest BCUT2D eigenvalue weighted by Crippen LogP contribution is 2.34. The van der Waals surface area contributed by atoms with Crippen molar-refractivity contribution in [3.8, 4) is 28.3 Å². The fourth-order valence-corrected chi connectivity index (χ4v) is 4.28. The lowest BCUT2D eigenvalue weighted by Gasteiger charge is -2.34. The van der Waals surface area contributed by atoms with Gasteiger partial charge in [0.25, 0.3) is 5.91 Å². The van der Waals surface area contributed by atoms with Crippen molar-refractivity contribution in [2.45, 2.75) is 38.8 Å². The standard InChI is InChI=1S/C26H32N4O3/c1-18(2)29-14-12-20(13-15-29)27-26(31)25-22(17-30(28-25)21-8-6-5-7-9-21)19-10-11-23(32-3)24(16-19)33-4/h5-11,16-18,20H,12-15H2,1-4H3,(H,27,31). The summed E-state index contributed by atoms with van der Waals surface area (Å²) >= 11 is 0. The summed E-state index contributed by atoms with van der Waals surface area (Å²) in [5, 5.41) is 7.91. The first-order valence-electron chi connectivity index (χ1n) is 11.4. The number of hydrogen-bond donors (Lipinski definition) is 1. The fourth-order valence-electron chi connectivity index (χ4n) is 4.28. The van der Waals surface area contributed by atoms with Crippen LogP contribution in [0.3, 0.4) is 0 Å². The molecular weight excluding hydrogens is 416 g/mol. The Morgan fingerprint density at radius 3 is 2.36 bits per heavy atom. The van der Waals surface area contributed by atoms with Crippen LogP contribution < -0.4 is 14.8 Å². The minimum atomic E-state index is -0.155. The summed E-state index contributed by atoms with van der Waals surface area (Å²) in [7, 11) is 3.21. The molecule has 1 fully saturated rings. The van der Waals surface area contributed by atoms with Crippen molar-refractivity contribution in [3.05, 3.63) is 60.4 Å². The topological polar surface area (TPSA) is 68.6 Å². The zero-order valence-corrected chi connectivity index (χ0v) is 19.7.